The standard InChI is InChI=1S/C13H21NO3Si/c1-4-11-14-18(15-2,16-3)17-12-10-13-8-6-5-7-9-13/h5-10,12,14H,4,11H2,1-3H3. The molecule has 18 heavy (non-hydrogen) atoms. The lowest BCUT2D eigenvalue weighted by molar-refractivity contribution is 0.127. The lowest BCUT2D eigenvalue weighted by Gasteiger charge is -2.24. The molecule has 0 unspecified atom stereocenters. The van der Waals surface area contributed by atoms with Gasteiger partial charge in [0.2, 0.25) is 0 Å². The first-order valence-electron chi connectivity index (χ1n) is 6.01. The second-order valence-corrected chi connectivity index (χ2v) is 6.24. The van der Waals surface area contributed by atoms with Crippen LogP contribution in [0.15, 0.2) is 36.6 Å². The Morgan fingerprint density at radius 1 is 1.17 bits per heavy atom. The van der Waals surface area contributed by atoms with Gasteiger partial charge in [-0.2, -0.15) is 0 Å². The Morgan fingerprint density at radius 3 is 2.39 bits per heavy atom. The SMILES string of the molecule is CCCN[Si](OC)(OC)OC=Cc1ccccc1. The zero-order chi connectivity index (χ0) is 13.3. The van der Waals surface area contributed by atoms with Gasteiger partial charge in [-0.3, -0.25) is 4.98 Å². The van der Waals surface area contributed by atoms with Gasteiger partial charge < -0.3 is 13.3 Å². The minimum Gasteiger partial charge on any atom is -0.496 e. The van der Waals surface area contributed by atoms with Crippen LogP contribution >= 0.6 is 0 Å². The van der Waals surface area contributed by atoms with E-state index in [1.165, 1.54) is 0 Å². The highest BCUT2D eigenvalue weighted by Crippen LogP contribution is 2.07. The van der Waals surface area contributed by atoms with Crippen LogP contribution in [0.2, 0.25) is 0 Å². The van der Waals surface area contributed by atoms with Crippen molar-refractivity contribution in [3.05, 3.63) is 42.2 Å². The summed E-state index contributed by atoms with van der Waals surface area (Å²) in [5, 5.41) is 0. The fourth-order valence-electron chi connectivity index (χ4n) is 1.41. The van der Waals surface area contributed by atoms with E-state index in [9.17, 15) is 0 Å². The van der Waals surface area contributed by atoms with E-state index in [1.807, 2.05) is 36.4 Å². The molecule has 1 aromatic rings. The summed E-state index contributed by atoms with van der Waals surface area (Å²) in [4.78, 5) is 3.19. The van der Waals surface area contributed by atoms with Gasteiger partial charge in [0.25, 0.3) is 0 Å². The molecule has 1 rings (SSSR count). The first-order chi connectivity index (χ1) is 8.76. The molecule has 0 saturated heterocycles. The number of hydrogen-bond acceptors (Lipinski definition) is 4. The zero-order valence-corrected chi connectivity index (χ0v) is 12.2. The van der Waals surface area contributed by atoms with Crippen molar-refractivity contribution in [3.8, 4) is 0 Å². The van der Waals surface area contributed by atoms with E-state index in [0.717, 1.165) is 18.5 Å². The summed E-state index contributed by atoms with van der Waals surface area (Å²) in [7, 11) is 0.429. The normalized spacial score (nSPS) is 11.9. The van der Waals surface area contributed by atoms with Crippen LogP contribution < -0.4 is 4.98 Å². The smallest absolute Gasteiger partial charge is 0.496 e. The first kappa shape index (κ1) is 14.9. The van der Waals surface area contributed by atoms with Crippen LogP contribution in [0.4, 0.5) is 0 Å². The van der Waals surface area contributed by atoms with Gasteiger partial charge in [0, 0.05) is 14.2 Å². The van der Waals surface area contributed by atoms with Gasteiger partial charge in [-0.1, -0.05) is 37.3 Å². The molecular formula is C13H21NO3Si. The predicted molar refractivity (Wildman–Crippen MR) is 74.6 cm³/mol. The lowest BCUT2D eigenvalue weighted by Crippen LogP contribution is -2.57. The summed E-state index contributed by atoms with van der Waals surface area (Å²) < 4.78 is 16.4. The van der Waals surface area contributed by atoms with Crippen LogP contribution in [-0.4, -0.2) is 29.7 Å². The molecule has 0 amide bonds. The Morgan fingerprint density at radius 2 is 1.83 bits per heavy atom. The lowest BCUT2D eigenvalue weighted by atomic mass is 10.2. The molecule has 0 aromatic heterocycles. The number of hydrogen-bond donors (Lipinski definition) is 1. The largest absolute Gasteiger partial charge is 0.663 e. The molecule has 0 spiro atoms. The second kappa shape index (κ2) is 8.05. The summed E-state index contributed by atoms with van der Waals surface area (Å²) in [5.41, 5.74) is 1.07. The predicted octanol–water partition coefficient (Wildman–Crippen LogP) is 2.40. The first-order valence-corrected chi connectivity index (χ1v) is 7.73. The van der Waals surface area contributed by atoms with Crippen LogP contribution in [0, 0.1) is 0 Å². The van der Waals surface area contributed by atoms with Gasteiger partial charge in [0.1, 0.15) is 0 Å². The van der Waals surface area contributed by atoms with Gasteiger partial charge in [-0.05, 0) is 24.6 Å². The van der Waals surface area contributed by atoms with Crippen LogP contribution in [0.1, 0.15) is 18.9 Å². The molecule has 0 aliphatic heterocycles. The maximum atomic E-state index is 5.64. The highest BCUT2D eigenvalue weighted by molar-refractivity contribution is 6.58. The molecule has 1 N–H and O–H groups in total. The summed E-state index contributed by atoms with van der Waals surface area (Å²) in [6.45, 7) is 2.88. The van der Waals surface area contributed by atoms with Crippen molar-refractivity contribution in [1.82, 2.24) is 4.98 Å². The molecule has 5 heteroatoms. The second-order valence-electron chi connectivity index (χ2n) is 3.72. The van der Waals surface area contributed by atoms with Crippen LogP contribution in [0.5, 0.6) is 0 Å². The average Bonchev–Trinajstić information content (AvgIpc) is 2.44. The molecule has 4 nitrogen and oxygen atoms in total. The molecule has 0 radical (unpaired) electrons. The molecule has 0 aliphatic rings. The molecule has 0 bridgehead atoms. The monoisotopic (exact) mass is 267 g/mol. The van der Waals surface area contributed by atoms with Gasteiger partial charge in [0.05, 0.1) is 6.26 Å². The van der Waals surface area contributed by atoms with E-state index < -0.39 is 8.97 Å². The third-order valence-electron chi connectivity index (χ3n) is 2.41. The molecular weight excluding hydrogens is 246 g/mol. The van der Waals surface area contributed by atoms with Gasteiger partial charge in [-0.15, -0.1) is 0 Å². The van der Waals surface area contributed by atoms with E-state index in [4.69, 9.17) is 13.3 Å². The highest BCUT2D eigenvalue weighted by Gasteiger charge is 2.41. The molecule has 0 atom stereocenters. The van der Waals surface area contributed by atoms with Gasteiger partial charge in [0.15, 0.2) is 0 Å². The van der Waals surface area contributed by atoms with Crippen molar-refractivity contribution < 1.29 is 13.3 Å². The van der Waals surface area contributed by atoms with Gasteiger partial charge in [-0.25, -0.2) is 0 Å². The van der Waals surface area contributed by atoms with Crippen molar-refractivity contribution >= 4 is 15.0 Å². The Labute approximate surface area is 110 Å². The van der Waals surface area contributed by atoms with E-state index in [0.29, 0.717) is 0 Å². The van der Waals surface area contributed by atoms with E-state index in [1.54, 1.807) is 20.5 Å². The van der Waals surface area contributed by atoms with Gasteiger partial charge >= 0.3 is 8.97 Å². The summed E-state index contributed by atoms with van der Waals surface area (Å²) >= 11 is 0. The Kier molecular flexibility index (Phi) is 6.67. The molecule has 1 aromatic carbocycles. The van der Waals surface area contributed by atoms with Crippen molar-refractivity contribution in [3.63, 3.8) is 0 Å². The van der Waals surface area contributed by atoms with Crippen molar-refractivity contribution in [1.29, 1.82) is 0 Å². The fraction of sp³-hybridized carbons (Fsp3) is 0.385. The molecule has 0 aliphatic carbocycles. The van der Waals surface area contributed by atoms with E-state index in [-0.39, 0.29) is 0 Å². The number of nitrogens with one attached hydrogen (secondary N) is 1. The number of benzene rings is 1. The minimum atomic E-state index is -2.76. The van der Waals surface area contributed by atoms with Crippen LogP contribution in [0.25, 0.3) is 6.08 Å². The third kappa shape index (κ3) is 4.62. The fourth-order valence-corrected chi connectivity index (χ4v) is 2.94. The van der Waals surface area contributed by atoms with E-state index >= 15 is 0 Å². The Balaban J connectivity index is 2.59. The van der Waals surface area contributed by atoms with Crippen molar-refractivity contribution in [2.45, 2.75) is 13.3 Å². The minimum absolute atomic E-state index is 0.799. The maximum Gasteiger partial charge on any atom is 0.663 e. The van der Waals surface area contributed by atoms with Crippen molar-refractivity contribution in [2.75, 3.05) is 20.8 Å². The molecule has 0 fully saturated rings. The molecule has 0 saturated carbocycles. The van der Waals surface area contributed by atoms with Crippen LogP contribution in [0.3, 0.4) is 0 Å². The Bertz CT molecular complexity index is 353. The Hall–Kier alpha value is -1.14. The summed E-state index contributed by atoms with van der Waals surface area (Å²) in [6.07, 6.45) is 4.50. The third-order valence-corrected chi connectivity index (χ3v) is 4.62. The van der Waals surface area contributed by atoms with Crippen LogP contribution in [-0.2, 0) is 13.3 Å². The molecule has 0 heterocycles. The van der Waals surface area contributed by atoms with E-state index in [2.05, 4.69) is 11.9 Å². The maximum absolute atomic E-state index is 5.64. The number of rotatable bonds is 8. The summed E-state index contributed by atoms with van der Waals surface area (Å²) in [6, 6.07) is 9.94. The quantitative estimate of drug-likeness (QED) is 0.580. The molecule has 100 valence electrons. The zero-order valence-electron chi connectivity index (χ0n) is 11.2. The summed E-state index contributed by atoms with van der Waals surface area (Å²) in [5.74, 6) is 0. The topological polar surface area (TPSA) is 39.7 Å². The van der Waals surface area contributed by atoms with Crippen molar-refractivity contribution in [2.24, 2.45) is 0 Å². The highest BCUT2D eigenvalue weighted by atomic mass is 28.4. The average molecular weight is 267 g/mol.